The van der Waals surface area contributed by atoms with E-state index in [-0.39, 0.29) is 5.91 Å². The molecule has 1 amide bonds. The highest BCUT2D eigenvalue weighted by molar-refractivity contribution is 9.10. The van der Waals surface area contributed by atoms with Crippen LogP contribution in [-0.4, -0.2) is 25.6 Å². The van der Waals surface area contributed by atoms with Crippen LogP contribution < -0.4 is 10.1 Å². The maximum atomic E-state index is 12.6. The number of aryl methyl sites for hydroxylation is 1. The number of carbonyl (C=O) groups is 2. The first kappa shape index (κ1) is 24.7. The van der Waals surface area contributed by atoms with Gasteiger partial charge in [-0.15, -0.1) is 11.3 Å². The standard InChI is InChI=1S/C26H26BrNO4S/c1-4-5-16-32-21-13-6-18(7-14-21)8-15-22(29)28-25-24(26(30)31-3)23(17(2)33-25)19-9-11-20(27)12-10-19/h6-15H,4-5,16H2,1-3H3,(H,28,29)/b15-8+. The van der Waals surface area contributed by atoms with Crippen molar-refractivity contribution in [3.05, 3.63) is 75.1 Å². The van der Waals surface area contributed by atoms with E-state index in [1.807, 2.05) is 55.5 Å². The van der Waals surface area contributed by atoms with Crippen LogP contribution in [0.25, 0.3) is 17.2 Å². The number of carbonyl (C=O) groups excluding carboxylic acids is 2. The summed E-state index contributed by atoms with van der Waals surface area (Å²) in [6, 6.07) is 15.2. The molecule has 172 valence electrons. The number of hydrogen-bond donors (Lipinski definition) is 1. The molecular formula is C26H26BrNO4S. The van der Waals surface area contributed by atoms with Gasteiger partial charge in [0.15, 0.2) is 0 Å². The molecule has 0 saturated carbocycles. The SMILES string of the molecule is CCCCOc1ccc(/C=C/C(=O)Nc2sc(C)c(-c3ccc(Br)cc3)c2C(=O)OC)cc1. The van der Waals surface area contributed by atoms with Gasteiger partial charge in [0.25, 0.3) is 0 Å². The topological polar surface area (TPSA) is 64.6 Å². The van der Waals surface area contributed by atoms with Gasteiger partial charge in [0.2, 0.25) is 5.91 Å². The monoisotopic (exact) mass is 527 g/mol. The second-order valence-corrected chi connectivity index (χ2v) is 9.47. The fourth-order valence-corrected chi connectivity index (χ4v) is 4.56. The number of nitrogens with one attached hydrogen (secondary N) is 1. The Morgan fingerprint density at radius 1 is 1.09 bits per heavy atom. The summed E-state index contributed by atoms with van der Waals surface area (Å²) >= 11 is 4.78. The van der Waals surface area contributed by atoms with Crippen molar-refractivity contribution in [1.29, 1.82) is 0 Å². The number of rotatable bonds is 9. The van der Waals surface area contributed by atoms with E-state index in [1.165, 1.54) is 24.5 Å². The van der Waals surface area contributed by atoms with Crippen LogP contribution in [0.15, 0.2) is 59.1 Å². The Bertz CT molecular complexity index is 1130. The Kier molecular flexibility index (Phi) is 8.86. The van der Waals surface area contributed by atoms with Crippen LogP contribution in [0, 0.1) is 6.92 Å². The van der Waals surface area contributed by atoms with Gasteiger partial charge < -0.3 is 14.8 Å². The Hall–Kier alpha value is -2.90. The number of benzene rings is 2. The maximum Gasteiger partial charge on any atom is 0.341 e. The summed E-state index contributed by atoms with van der Waals surface area (Å²) in [5, 5.41) is 3.31. The van der Waals surface area contributed by atoms with Crippen LogP contribution >= 0.6 is 27.3 Å². The molecular weight excluding hydrogens is 502 g/mol. The van der Waals surface area contributed by atoms with Crippen LogP contribution in [0.1, 0.15) is 40.6 Å². The number of anilines is 1. The molecule has 0 unspecified atom stereocenters. The molecule has 5 nitrogen and oxygen atoms in total. The highest BCUT2D eigenvalue weighted by Crippen LogP contribution is 2.40. The summed E-state index contributed by atoms with van der Waals surface area (Å²) in [6.45, 7) is 4.73. The minimum Gasteiger partial charge on any atom is -0.494 e. The molecule has 33 heavy (non-hydrogen) atoms. The first-order valence-corrected chi connectivity index (χ1v) is 12.2. The summed E-state index contributed by atoms with van der Waals surface area (Å²) in [6.07, 6.45) is 5.27. The zero-order chi connectivity index (χ0) is 23.8. The van der Waals surface area contributed by atoms with Crippen molar-refractivity contribution >= 4 is 50.2 Å². The van der Waals surface area contributed by atoms with Gasteiger partial charge in [0, 0.05) is 21.0 Å². The number of esters is 1. The lowest BCUT2D eigenvalue weighted by Crippen LogP contribution is -2.11. The number of halogens is 1. The molecule has 1 N–H and O–H groups in total. The van der Waals surface area contributed by atoms with E-state index in [0.29, 0.717) is 17.2 Å². The molecule has 7 heteroatoms. The molecule has 0 atom stereocenters. The lowest BCUT2D eigenvalue weighted by Gasteiger charge is -2.07. The molecule has 0 spiro atoms. The third kappa shape index (κ3) is 6.55. The molecule has 1 heterocycles. The lowest BCUT2D eigenvalue weighted by atomic mass is 10.0. The molecule has 0 fully saturated rings. The van der Waals surface area contributed by atoms with Crippen molar-refractivity contribution in [2.24, 2.45) is 0 Å². The fraction of sp³-hybridized carbons (Fsp3) is 0.231. The van der Waals surface area contributed by atoms with E-state index < -0.39 is 5.97 Å². The van der Waals surface area contributed by atoms with Crippen LogP contribution in [0.3, 0.4) is 0 Å². The highest BCUT2D eigenvalue weighted by Gasteiger charge is 2.24. The van der Waals surface area contributed by atoms with E-state index in [2.05, 4.69) is 28.2 Å². The van der Waals surface area contributed by atoms with Crippen LogP contribution in [0.2, 0.25) is 0 Å². The molecule has 0 bridgehead atoms. The van der Waals surface area contributed by atoms with Gasteiger partial charge in [-0.1, -0.05) is 53.5 Å². The maximum absolute atomic E-state index is 12.6. The fourth-order valence-electron chi connectivity index (χ4n) is 3.23. The third-order valence-corrected chi connectivity index (χ3v) is 6.47. The molecule has 0 radical (unpaired) electrons. The number of hydrogen-bond acceptors (Lipinski definition) is 5. The van der Waals surface area contributed by atoms with Crippen molar-refractivity contribution in [3.63, 3.8) is 0 Å². The van der Waals surface area contributed by atoms with Gasteiger partial charge in [-0.2, -0.15) is 0 Å². The van der Waals surface area contributed by atoms with E-state index in [0.717, 1.165) is 44.6 Å². The summed E-state index contributed by atoms with van der Waals surface area (Å²) < 4.78 is 11.6. The molecule has 2 aromatic carbocycles. The zero-order valence-electron chi connectivity index (χ0n) is 18.8. The van der Waals surface area contributed by atoms with Crippen molar-refractivity contribution in [3.8, 4) is 16.9 Å². The average Bonchev–Trinajstić information content (AvgIpc) is 3.14. The van der Waals surface area contributed by atoms with E-state index in [9.17, 15) is 9.59 Å². The second-order valence-electron chi connectivity index (χ2n) is 7.33. The van der Waals surface area contributed by atoms with Gasteiger partial charge in [0.1, 0.15) is 16.3 Å². The van der Waals surface area contributed by atoms with E-state index >= 15 is 0 Å². The zero-order valence-corrected chi connectivity index (χ0v) is 21.2. The predicted octanol–water partition coefficient (Wildman–Crippen LogP) is 7.10. The van der Waals surface area contributed by atoms with E-state index in [1.54, 1.807) is 6.08 Å². The minimum atomic E-state index is -0.491. The van der Waals surface area contributed by atoms with Crippen molar-refractivity contribution in [2.45, 2.75) is 26.7 Å². The van der Waals surface area contributed by atoms with Crippen LogP contribution in [0.5, 0.6) is 5.75 Å². The molecule has 0 aliphatic heterocycles. The number of thiophene rings is 1. The normalized spacial score (nSPS) is 10.9. The molecule has 0 aliphatic carbocycles. The Labute approximate surface area is 206 Å². The van der Waals surface area contributed by atoms with Crippen molar-refractivity contribution in [1.82, 2.24) is 0 Å². The van der Waals surface area contributed by atoms with Crippen LogP contribution in [-0.2, 0) is 9.53 Å². The highest BCUT2D eigenvalue weighted by atomic mass is 79.9. The number of unbranched alkanes of at least 4 members (excludes halogenated alkanes) is 1. The smallest absolute Gasteiger partial charge is 0.341 e. The largest absolute Gasteiger partial charge is 0.494 e. The molecule has 1 aromatic heterocycles. The molecule has 3 aromatic rings. The second kappa shape index (κ2) is 11.8. The number of amides is 1. The summed E-state index contributed by atoms with van der Waals surface area (Å²) in [4.78, 5) is 26.1. The van der Waals surface area contributed by atoms with Crippen molar-refractivity contribution < 1.29 is 19.1 Å². The van der Waals surface area contributed by atoms with E-state index in [4.69, 9.17) is 9.47 Å². The lowest BCUT2D eigenvalue weighted by molar-refractivity contribution is -0.111. The summed E-state index contributed by atoms with van der Waals surface area (Å²) in [5.74, 6) is -0.00968. The number of methoxy groups -OCH3 is 1. The van der Waals surface area contributed by atoms with Gasteiger partial charge >= 0.3 is 5.97 Å². The average molecular weight is 528 g/mol. The first-order chi connectivity index (χ1) is 15.9. The quantitative estimate of drug-likeness (QED) is 0.183. The predicted molar refractivity (Wildman–Crippen MR) is 138 cm³/mol. The minimum absolute atomic E-state index is 0.327. The van der Waals surface area contributed by atoms with Crippen molar-refractivity contribution in [2.75, 3.05) is 19.0 Å². The van der Waals surface area contributed by atoms with Crippen LogP contribution in [0.4, 0.5) is 5.00 Å². The summed E-state index contributed by atoms with van der Waals surface area (Å²) in [7, 11) is 1.34. The Morgan fingerprint density at radius 3 is 2.42 bits per heavy atom. The first-order valence-electron chi connectivity index (χ1n) is 10.6. The van der Waals surface area contributed by atoms with Gasteiger partial charge in [-0.05, 0) is 54.8 Å². The van der Waals surface area contributed by atoms with Gasteiger partial charge in [-0.25, -0.2) is 4.79 Å². The molecule has 3 rings (SSSR count). The Balaban J connectivity index is 1.77. The third-order valence-electron chi connectivity index (χ3n) is 4.92. The van der Waals surface area contributed by atoms with Gasteiger partial charge in [0.05, 0.1) is 13.7 Å². The Morgan fingerprint density at radius 2 is 1.79 bits per heavy atom. The molecule has 0 aliphatic rings. The number of ether oxygens (including phenoxy) is 2. The molecule has 0 saturated heterocycles. The summed E-state index contributed by atoms with van der Waals surface area (Å²) in [5.41, 5.74) is 2.87. The van der Waals surface area contributed by atoms with Gasteiger partial charge in [-0.3, -0.25) is 4.79 Å².